The predicted molar refractivity (Wildman–Crippen MR) is 57.9 cm³/mol. The Balaban J connectivity index is 2.34. The number of nitrogens with one attached hydrogen (secondary N) is 1. The number of H-pyrrole nitrogens is 1. The van der Waals surface area contributed by atoms with E-state index in [1.807, 2.05) is 0 Å². The Morgan fingerprint density at radius 2 is 2.36 bits per heavy atom. The van der Waals surface area contributed by atoms with Gasteiger partial charge in [0.1, 0.15) is 5.03 Å². The number of thioether (sulfide) groups is 1. The molecule has 0 saturated heterocycles. The topological polar surface area (TPSA) is 45.8 Å². The van der Waals surface area contributed by atoms with Gasteiger partial charge in [-0.25, -0.2) is 4.79 Å². The first-order valence-corrected chi connectivity index (χ1v) is 6.04. The number of hydrogen-bond donors (Lipinski definition) is 1. The van der Waals surface area contributed by atoms with Crippen molar-refractivity contribution in [3.63, 3.8) is 0 Å². The van der Waals surface area contributed by atoms with E-state index >= 15 is 0 Å². The summed E-state index contributed by atoms with van der Waals surface area (Å²) >= 11 is 1.71. The first kappa shape index (κ1) is 9.77. The molecule has 0 fully saturated rings. The van der Waals surface area contributed by atoms with Gasteiger partial charge in [0.2, 0.25) is 0 Å². The summed E-state index contributed by atoms with van der Waals surface area (Å²) in [5, 5.41) is 0.961. The van der Waals surface area contributed by atoms with E-state index in [2.05, 4.69) is 16.9 Å². The minimum absolute atomic E-state index is 0.191. The van der Waals surface area contributed by atoms with Gasteiger partial charge in [0, 0.05) is 11.3 Å². The third-order valence-electron chi connectivity index (χ3n) is 2.38. The molecule has 1 N–H and O–H groups in total. The van der Waals surface area contributed by atoms with E-state index in [-0.39, 0.29) is 5.69 Å². The normalized spacial score (nSPS) is 14.4. The molecule has 0 saturated carbocycles. The van der Waals surface area contributed by atoms with E-state index in [4.69, 9.17) is 0 Å². The van der Waals surface area contributed by atoms with Crippen LogP contribution in [0.3, 0.4) is 0 Å². The molecule has 0 amide bonds. The quantitative estimate of drug-likeness (QED) is 0.611. The van der Waals surface area contributed by atoms with Gasteiger partial charge in [-0.05, 0) is 31.4 Å². The van der Waals surface area contributed by atoms with Crippen LogP contribution in [0.2, 0.25) is 0 Å². The van der Waals surface area contributed by atoms with Crippen LogP contribution in [0.25, 0.3) is 0 Å². The van der Waals surface area contributed by atoms with Crippen molar-refractivity contribution >= 4 is 11.8 Å². The van der Waals surface area contributed by atoms with Gasteiger partial charge in [0.15, 0.2) is 0 Å². The minimum Gasteiger partial charge on any atom is -0.309 e. The second-order valence-corrected chi connectivity index (χ2v) is 4.59. The summed E-state index contributed by atoms with van der Waals surface area (Å²) in [6, 6.07) is 0. The first-order chi connectivity index (χ1) is 6.81. The zero-order chi connectivity index (χ0) is 9.97. The van der Waals surface area contributed by atoms with E-state index in [9.17, 15) is 4.79 Å². The molecule has 1 aliphatic rings. The summed E-state index contributed by atoms with van der Waals surface area (Å²) in [7, 11) is 0. The van der Waals surface area contributed by atoms with E-state index < -0.39 is 0 Å². The average Bonchev–Trinajstić information content (AvgIpc) is 2.61. The monoisotopic (exact) mass is 210 g/mol. The van der Waals surface area contributed by atoms with Crippen LogP contribution in [0, 0.1) is 0 Å². The van der Waals surface area contributed by atoms with Crippen molar-refractivity contribution in [2.24, 2.45) is 0 Å². The molecular weight excluding hydrogens is 196 g/mol. The maximum Gasteiger partial charge on any atom is 0.346 e. The zero-order valence-electron chi connectivity index (χ0n) is 8.30. The van der Waals surface area contributed by atoms with E-state index in [0.29, 0.717) is 0 Å². The number of fused-ring (bicyclic) bond motifs is 1. The molecule has 14 heavy (non-hydrogen) atoms. The number of rotatable bonds is 3. The molecular formula is C10H14N2OS. The molecule has 0 spiro atoms. The van der Waals surface area contributed by atoms with E-state index in [0.717, 1.165) is 42.2 Å². The Bertz CT molecular complexity index is 386. The van der Waals surface area contributed by atoms with Crippen LogP contribution in [0.4, 0.5) is 0 Å². The first-order valence-electron chi connectivity index (χ1n) is 5.06. The van der Waals surface area contributed by atoms with Crippen molar-refractivity contribution in [3.8, 4) is 0 Å². The van der Waals surface area contributed by atoms with Crippen LogP contribution in [0.1, 0.15) is 31.0 Å². The second kappa shape index (κ2) is 4.17. The highest BCUT2D eigenvalue weighted by atomic mass is 32.2. The fourth-order valence-corrected chi connectivity index (χ4v) is 2.70. The van der Waals surface area contributed by atoms with Gasteiger partial charge in [-0.15, -0.1) is 11.8 Å². The number of hydrogen-bond acceptors (Lipinski definition) is 3. The Morgan fingerprint density at radius 3 is 3.14 bits per heavy atom. The number of aryl methyl sites for hydroxylation is 1. The smallest absolute Gasteiger partial charge is 0.309 e. The lowest BCUT2D eigenvalue weighted by Gasteiger charge is -2.04. The molecule has 1 aromatic heterocycles. The SMILES string of the molecule is CCCSc1nc(=O)[nH]c2c1CCC2. The summed E-state index contributed by atoms with van der Waals surface area (Å²) < 4.78 is 0. The van der Waals surface area contributed by atoms with Gasteiger partial charge in [-0.2, -0.15) is 4.98 Å². The van der Waals surface area contributed by atoms with E-state index in [1.54, 1.807) is 11.8 Å². The molecule has 1 aromatic rings. The maximum absolute atomic E-state index is 11.2. The van der Waals surface area contributed by atoms with Crippen molar-refractivity contribution in [3.05, 3.63) is 21.7 Å². The molecule has 0 bridgehead atoms. The van der Waals surface area contributed by atoms with Crippen LogP contribution in [0.15, 0.2) is 9.82 Å². The van der Waals surface area contributed by atoms with Crippen LogP contribution >= 0.6 is 11.8 Å². The third kappa shape index (κ3) is 1.85. The van der Waals surface area contributed by atoms with Gasteiger partial charge in [0.05, 0.1) is 0 Å². The Morgan fingerprint density at radius 1 is 1.50 bits per heavy atom. The Hall–Kier alpha value is -0.770. The molecule has 2 rings (SSSR count). The lowest BCUT2D eigenvalue weighted by Crippen LogP contribution is -2.14. The third-order valence-corrected chi connectivity index (χ3v) is 3.60. The number of aromatic amines is 1. The van der Waals surface area contributed by atoms with Gasteiger partial charge < -0.3 is 4.98 Å². The summed E-state index contributed by atoms with van der Waals surface area (Å²) in [4.78, 5) is 18.1. The lowest BCUT2D eigenvalue weighted by molar-refractivity contribution is 0.895. The van der Waals surface area contributed by atoms with Gasteiger partial charge in [0.25, 0.3) is 0 Å². The second-order valence-electron chi connectivity index (χ2n) is 3.51. The highest BCUT2D eigenvalue weighted by Crippen LogP contribution is 2.27. The van der Waals surface area contributed by atoms with Crippen molar-refractivity contribution in [2.75, 3.05) is 5.75 Å². The molecule has 0 aliphatic heterocycles. The molecule has 0 unspecified atom stereocenters. The Kier molecular flexibility index (Phi) is 2.91. The maximum atomic E-state index is 11.2. The molecule has 76 valence electrons. The molecule has 3 nitrogen and oxygen atoms in total. The fourth-order valence-electron chi connectivity index (χ4n) is 1.75. The molecule has 0 radical (unpaired) electrons. The molecule has 0 atom stereocenters. The van der Waals surface area contributed by atoms with Crippen molar-refractivity contribution in [2.45, 2.75) is 37.6 Å². The number of aromatic nitrogens is 2. The standard InChI is InChI=1S/C10H14N2OS/c1-2-6-14-9-7-4-3-5-8(7)11-10(13)12-9/h2-6H2,1H3,(H,11,12,13). The summed E-state index contributed by atoms with van der Waals surface area (Å²) in [6.07, 6.45) is 4.35. The highest BCUT2D eigenvalue weighted by Gasteiger charge is 2.17. The van der Waals surface area contributed by atoms with Crippen LogP contribution in [-0.4, -0.2) is 15.7 Å². The average molecular weight is 210 g/mol. The van der Waals surface area contributed by atoms with Gasteiger partial charge in [-0.3, -0.25) is 0 Å². The van der Waals surface area contributed by atoms with Gasteiger partial charge in [-0.1, -0.05) is 6.92 Å². The summed E-state index contributed by atoms with van der Waals surface area (Å²) in [5.41, 5.74) is 2.20. The summed E-state index contributed by atoms with van der Waals surface area (Å²) in [5.74, 6) is 1.04. The van der Waals surface area contributed by atoms with Gasteiger partial charge >= 0.3 is 5.69 Å². The molecule has 1 heterocycles. The largest absolute Gasteiger partial charge is 0.346 e. The fraction of sp³-hybridized carbons (Fsp3) is 0.600. The zero-order valence-corrected chi connectivity index (χ0v) is 9.12. The Labute approximate surface area is 87.3 Å². The van der Waals surface area contributed by atoms with Crippen molar-refractivity contribution < 1.29 is 0 Å². The summed E-state index contributed by atoms with van der Waals surface area (Å²) in [6.45, 7) is 2.14. The van der Waals surface area contributed by atoms with Crippen molar-refractivity contribution in [1.29, 1.82) is 0 Å². The van der Waals surface area contributed by atoms with Crippen LogP contribution in [0.5, 0.6) is 0 Å². The highest BCUT2D eigenvalue weighted by molar-refractivity contribution is 7.99. The van der Waals surface area contributed by atoms with Crippen LogP contribution < -0.4 is 5.69 Å². The minimum atomic E-state index is -0.191. The predicted octanol–water partition coefficient (Wildman–Crippen LogP) is 1.76. The van der Waals surface area contributed by atoms with Crippen molar-refractivity contribution in [1.82, 2.24) is 9.97 Å². The van der Waals surface area contributed by atoms with E-state index in [1.165, 1.54) is 5.56 Å². The number of nitrogens with zero attached hydrogens (tertiary/aromatic N) is 1. The van der Waals surface area contributed by atoms with Crippen LogP contribution in [-0.2, 0) is 12.8 Å². The molecule has 0 aromatic carbocycles. The molecule has 1 aliphatic carbocycles. The molecule has 4 heteroatoms. The lowest BCUT2D eigenvalue weighted by atomic mass is 10.3.